The number of rotatable bonds is 7. The third kappa shape index (κ3) is 5.07. The van der Waals surface area contributed by atoms with E-state index in [9.17, 15) is 19.7 Å². The molecule has 0 saturated carbocycles. The topological polar surface area (TPSA) is 113 Å². The lowest BCUT2D eigenvalue weighted by Crippen LogP contribution is -2.40. The first kappa shape index (κ1) is 26.3. The number of allylic oxidation sites excluding steroid dienone is 1. The first-order chi connectivity index (χ1) is 17.7. The van der Waals surface area contributed by atoms with Crippen LogP contribution in [0.2, 0.25) is 5.02 Å². The van der Waals surface area contributed by atoms with Crippen LogP contribution in [0.5, 0.6) is 5.75 Å². The van der Waals surface area contributed by atoms with Crippen LogP contribution in [0.15, 0.2) is 57.5 Å². The number of aromatic nitrogens is 1. The van der Waals surface area contributed by atoms with Gasteiger partial charge < -0.3 is 9.47 Å². The van der Waals surface area contributed by atoms with Crippen LogP contribution >= 0.6 is 22.9 Å². The minimum absolute atomic E-state index is 0.113. The number of benzene rings is 2. The van der Waals surface area contributed by atoms with E-state index in [4.69, 9.17) is 21.1 Å². The maximum atomic E-state index is 13.8. The number of hydrogen-bond acceptors (Lipinski definition) is 8. The number of ether oxygens (including phenoxy) is 2. The summed E-state index contributed by atoms with van der Waals surface area (Å²) in [6, 6.07) is 8.83. The zero-order valence-corrected chi connectivity index (χ0v) is 22.2. The molecule has 2 heterocycles. The van der Waals surface area contributed by atoms with Crippen molar-refractivity contribution in [3.63, 3.8) is 0 Å². The number of carbonyl (C=O) groups is 1. The molecule has 0 N–H and O–H groups in total. The van der Waals surface area contributed by atoms with Crippen LogP contribution < -0.4 is 19.6 Å². The first-order valence-electron chi connectivity index (χ1n) is 11.5. The highest BCUT2D eigenvalue weighted by molar-refractivity contribution is 7.07. The Kier molecular flexibility index (Phi) is 7.60. The fourth-order valence-electron chi connectivity index (χ4n) is 4.16. The van der Waals surface area contributed by atoms with Crippen molar-refractivity contribution in [2.75, 3.05) is 13.2 Å². The summed E-state index contributed by atoms with van der Waals surface area (Å²) >= 11 is 7.34. The number of halogens is 1. The largest absolute Gasteiger partial charge is 0.493 e. The van der Waals surface area contributed by atoms with Crippen molar-refractivity contribution in [1.82, 2.24) is 4.57 Å². The van der Waals surface area contributed by atoms with E-state index >= 15 is 0 Å². The van der Waals surface area contributed by atoms with E-state index in [2.05, 4.69) is 4.99 Å². The lowest BCUT2D eigenvalue weighted by atomic mass is 9.94. The Morgan fingerprint density at radius 1 is 1.22 bits per heavy atom. The number of aryl methyl sites for hydroxylation is 1. The first-order valence-corrected chi connectivity index (χ1v) is 12.7. The standard InChI is InChI=1S/C26H24ClN3O6S/c1-5-35-20-10-9-18(27)11-17(20)13-21-24(31)29-23(16-8-7-14(3)19(12-16)30(33)34)22(25(32)36-6-2)15(4)28-26(29)37-21/h7-13,23H,5-6H2,1-4H3/b21-13+/t23-/m1/s1. The molecule has 1 aliphatic rings. The van der Waals surface area contributed by atoms with E-state index in [1.54, 1.807) is 57.2 Å². The Morgan fingerprint density at radius 2 is 1.97 bits per heavy atom. The van der Waals surface area contributed by atoms with Crippen molar-refractivity contribution in [1.29, 1.82) is 0 Å². The number of nitro benzene ring substituents is 1. The maximum Gasteiger partial charge on any atom is 0.338 e. The van der Waals surface area contributed by atoms with Crippen LogP contribution in [0.25, 0.3) is 6.08 Å². The molecule has 11 heteroatoms. The molecule has 2 aromatic carbocycles. The fourth-order valence-corrected chi connectivity index (χ4v) is 5.38. The van der Waals surface area contributed by atoms with Gasteiger partial charge in [0.25, 0.3) is 11.2 Å². The second-order valence-corrected chi connectivity index (χ2v) is 9.67. The van der Waals surface area contributed by atoms with Gasteiger partial charge in [0.15, 0.2) is 4.80 Å². The summed E-state index contributed by atoms with van der Waals surface area (Å²) in [7, 11) is 0. The maximum absolute atomic E-state index is 13.8. The van der Waals surface area contributed by atoms with Crippen LogP contribution in [0.1, 0.15) is 43.5 Å². The molecular formula is C26H24ClN3O6S. The van der Waals surface area contributed by atoms with Gasteiger partial charge in [0.05, 0.1) is 40.0 Å². The van der Waals surface area contributed by atoms with E-state index in [-0.39, 0.29) is 17.9 Å². The molecule has 0 bridgehead atoms. The normalized spacial score (nSPS) is 15.3. The lowest BCUT2D eigenvalue weighted by molar-refractivity contribution is -0.385. The van der Waals surface area contributed by atoms with Gasteiger partial charge in [0.1, 0.15) is 5.75 Å². The van der Waals surface area contributed by atoms with Crippen LogP contribution in [0.4, 0.5) is 5.69 Å². The Hall–Kier alpha value is -3.76. The molecule has 9 nitrogen and oxygen atoms in total. The summed E-state index contributed by atoms with van der Waals surface area (Å²) in [4.78, 5) is 42.9. The molecule has 3 aromatic rings. The van der Waals surface area contributed by atoms with Gasteiger partial charge in [-0.1, -0.05) is 35.1 Å². The molecule has 0 saturated heterocycles. The van der Waals surface area contributed by atoms with E-state index in [1.807, 2.05) is 6.92 Å². The van der Waals surface area contributed by atoms with Crippen LogP contribution in [0, 0.1) is 17.0 Å². The summed E-state index contributed by atoms with van der Waals surface area (Å²) in [5.41, 5.74) is 1.48. The zero-order valence-electron chi connectivity index (χ0n) is 20.6. The van der Waals surface area contributed by atoms with Gasteiger partial charge in [0, 0.05) is 22.2 Å². The van der Waals surface area contributed by atoms with Crippen molar-refractivity contribution in [2.45, 2.75) is 33.7 Å². The zero-order chi connectivity index (χ0) is 26.9. The van der Waals surface area contributed by atoms with Crippen LogP contribution in [-0.2, 0) is 9.53 Å². The van der Waals surface area contributed by atoms with Gasteiger partial charge >= 0.3 is 5.97 Å². The van der Waals surface area contributed by atoms with Gasteiger partial charge in [0.2, 0.25) is 0 Å². The monoisotopic (exact) mass is 541 g/mol. The molecule has 1 aliphatic heterocycles. The van der Waals surface area contributed by atoms with E-state index in [1.165, 1.54) is 10.6 Å². The molecule has 192 valence electrons. The number of hydrogen-bond donors (Lipinski definition) is 0. The highest BCUT2D eigenvalue weighted by Gasteiger charge is 2.34. The summed E-state index contributed by atoms with van der Waals surface area (Å²) in [5, 5.41) is 12.1. The average molecular weight is 542 g/mol. The summed E-state index contributed by atoms with van der Waals surface area (Å²) in [6.07, 6.45) is 1.67. The van der Waals surface area contributed by atoms with Crippen molar-refractivity contribution >= 4 is 40.7 Å². The smallest absolute Gasteiger partial charge is 0.338 e. The quantitative estimate of drug-likeness (QED) is 0.253. The number of esters is 1. The summed E-state index contributed by atoms with van der Waals surface area (Å²) in [5.74, 6) is -0.0773. The van der Waals surface area contributed by atoms with Crippen LogP contribution in [-0.4, -0.2) is 28.7 Å². The molecule has 0 unspecified atom stereocenters. The van der Waals surface area contributed by atoms with E-state index < -0.39 is 22.5 Å². The molecular weight excluding hydrogens is 518 g/mol. The van der Waals surface area contributed by atoms with Gasteiger partial charge in [-0.15, -0.1) is 0 Å². The average Bonchev–Trinajstić information content (AvgIpc) is 3.14. The SMILES string of the molecule is CCOC(=O)C1=C(C)N=c2s/c(=C/c3cc(Cl)ccc3OCC)c(=O)n2[C@@H]1c1ccc(C)c([N+](=O)[O-])c1. The third-order valence-corrected chi connectivity index (χ3v) is 7.04. The Morgan fingerprint density at radius 3 is 2.65 bits per heavy atom. The van der Waals surface area contributed by atoms with Crippen LogP contribution in [0.3, 0.4) is 0 Å². The number of nitro groups is 1. The number of fused-ring (bicyclic) bond motifs is 1. The predicted molar refractivity (Wildman–Crippen MR) is 141 cm³/mol. The summed E-state index contributed by atoms with van der Waals surface area (Å²) < 4.78 is 12.7. The molecule has 0 spiro atoms. The second-order valence-electron chi connectivity index (χ2n) is 8.22. The van der Waals surface area contributed by atoms with Gasteiger partial charge in [-0.25, -0.2) is 9.79 Å². The molecule has 1 atom stereocenters. The lowest BCUT2D eigenvalue weighted by Gasteiger charge is -2.24. The highest BCUT2D eigenvalue weighted by Crippen LogP contribution is 2.33. The molecule has 1 aromatic heterocycles. The number of carbonyl (C=O) groups excluding carboxylic acids is 1. The minimum atomic E-state index is -0.956. The molecule has 4 rings (SSSR count). The predicted octanol–water partition coefficient (Wildman–Crippen LogP) is 4.07. The summed E-state index contributed by atoms with van der Waals surface area (Å²) in [6.45, 7) is 7.36. The van der Waals surface area contributed by atoms with Crippen molar-refractivity contribution in [3.8, 4) is 5.75 Å². The minimum Gasteiger partial charge on any atom is -0.493 e. The van der Waals surface area contributed by atoms with Crippen molar-refractivity contribution in [2.24, 2.45) is 4.99 Å². The fraction of sp³-hybridized carbons (Fsp3) is 0.269. The highest BCUT2D eigenvalue weighted by atomic mass is 35.5. The number of thiazole rings is 1. The Bertz CT molecular complexity index is 1620. The van der Waals surface area contributed by atoms with Gasteiger partial charge in [-0.05, 0) is 57.5 Å². The molecule has 37 heavy (non-hydrogen) atoms. The Labute approximate surface area is 221 Å². The van der Waals surface area contributed by atoms with Crippen molar-refractivity contribution in [3.05, 3.63) is 99.2 Å². The van der Waals surface area contributed by atoms with E-state index in [0.29, 0.717) is 49.1 Å². The van der Waals surface area contributed by atoms with E-state index in [0.717, 1.165) is 11.3 Å². The molecule has 0 amide bonds. The van der Waals surface area contributed by atoms with Gasteiger partial charge in [-0.3, -0.25) is 19.5 Å². The Balaban J connectivity index is 2.00. The van der Waals surface area contributed by atoms with Crippen molar-refractivity contribution < 1.29 is 19.2 Å². The molecule has 0 aliphatic carbocycles. The van der Waals surface area contributed by atoms with Gasteiger partial charge in [-0.2, -0.15) is 0 Å². The number of nitrogens with zero attached hydrogens (tertiary/aromatic N) is 3. The molecule has 0 fully saturated rings. The third-order valence-electron chi connectivity index (χ3n) is 5.82. The molecule has 0 radical (unpaired) electrons. The second kappa shape index (κ2) is 10.7.